The third-order valence-electron chi connectivity index (χ3n) is 6.25. The standard InChI is InChI=1S/C27H25F3/c1-2-3-18-6-11-21(12-7-18)22-13-8-19(9-14-22)4-5-20-10-15-24-23(16-20)17-25(28)27(30)26(24)29/h8-10,13-18,21H,2-3,6-7,11-12H2,1H3. The van der Waals surface area contributed by atoms with E-state index in [0.29, 0.717) is 16.9 Å². The number of rotatable bonds is 3. The van der Waals surface area contributed by atoms with Gasteiger partial charge in [0.1, 0.15) is 0 Å². The highest BCUT2D eigenvalue weighted by Gasteiger charge is 2.21. The molecule has 3 aromatic rings. The molecular weight excluding hydrogens is 381 g/mol. The Morgan fingerprint density at radius 1 is 0.800 bits per heavy atom. The second kappa shape index (κ2) is 8.96. The second-order valence-electron chi connectivity index (χ2n) is 8.30. The average molecular weight is 406 g/mol. The lowest BCUT2D eigenvalue weighted by Gasteiger charge is -2.28. The molecule has 0 bridgehead atoms. The van der Waals surface area contributed by atoms with Gasteiger partial charge in [0.15, 0.2) is 17.5 Å². The normalized spacial score (nSPS) is 18.8. The molecule has 3 heteroatoms. The van der Waals surface area contributed by atoms with Crippen molar-refractivity contribution in [1.29, 1.82) is 0 Å². The lowest BCUT2D eigenvalue weighted by atomic mass is 9.77. The van der Waals surface area contributed by atoms with Crippen molar-refractivity contribution >= 4 is 10.8 Å². The molecule has 0 radical (unpaired) electrons. The Bertz CT molecular complexity index is 1090. The minimum atomic E-state index is -1.44. The first kappa shape index (κ1) is 20.5. The van der Waals surface area contributed by atoms with Crippen molar-refractivity contribution in [2.45, 2.75) is 51.4 Å². The summed E-state index contributed by atoms with van der Waals surface area (Å²) in [5.74, 6) is 3.89. The fourth-order valence-corrected chi connectivity index (χ4v) is 4.56. The van der Waals surface area contributed by atoms with E-state index in [0.717, 1.165) is 17.5 Å². The Morgan fingerprint density at radius 2 is 1.47 bits per heavy atom. The highest BCUT2D eigenvalue weighted by molar-refractivity contribution is 5.84. The third-order valence-corrected chi connectivity index (χ3v) is 6.25. The predicted octanol–water partition coefficient (Wildman–Crippen LogP) is 7.73. The summed E-state index contributed by atoms with van der Waals surface area (Å²) in [7, 11) is 0. The maximum atomic E-state index is 13.8. The Kier molecular flexibility index (Phi) is 6.13. The quantitative estimate of drug-likeness (QED) is 0.308. The number of benzene rings is 3. The number of fused-ring (bicyclic) bond motifs is 1. The van der Waals surface area contributed by atoms with E-state index >= 15 is 0 Å². The Balaban J connectivity index is 1.47. The van der Waals surface area contributed by atoms with E-state index < -0.39 is 17.5 Å². The molecule has 1 fully saturated rings. The summed E-state index contributed by atoms with van der Waals surface area (Å²) in [6, 6.07) is 14.1. The fraction of sp³-hybridized carbons (Fsp3) is 0.333. The van der Waals surface area contributed by atoms with Crippen LogP contribution in [0, 0.1) is 35.2 Å². The highest BCUT2D eigenvalue weighted by atomic mass is 19.2. The van der Waals surface area contributed by atoms with E-state index in [-0.39, 0.29) is 5.39 Å². The molecule has 30 heavy (non-hydrogen) atoms. The molecule has 0 saturated heterocycles. The van der Waals surface area contributed by atoms with Gasteiger partial charge in [0.05, 0.1) is 0 Å². The topological polar surface area (TPSA) is 0 Å². The van der Waals surface area contributed by atoms with Crippen LogP contribution in [0.25, 0.3) is 10.8 Å². The maximum Gasteiger partial charge on any atom is 0.195 e. The smallest absolute Gasteiger partial charge is 0.195 e. The molecule has 0 aliphatic heterocycles. The van der Waals surface area contributed by atoms with Gasteiger partial charge in [-0.25, -0.2) is 13.2 Å². The first-order valence-electron chi connectivity index (χ1n) is 10.7. The molecule has 4 rings (SSSR count). The molecule has 154 valence electrons. The predicted molar refractivity (Wildman–Crippen MR) is 116 cm³/mol. The molecule has 0 amide bonds. The van der Waals surface area contributed by atoms with Crippen molar-refractivity contribution in [1.82, 2.24) is 0 Å². The third kappa shape index (κ3) is 4.38. The van der Waals surface area contributed by atoms with Gasteiger partial charge < -0.3 is 0 Å². The van der Waals surface area contributed by atoms with Crippen molar-refractivity contribution in [3.05, 3.63) is 82.7 Å². The molecule has 0 nitrogen and oxygen atoms in total. The van der Waals surface area contributed by atoms with Crippen molar-refractivity contribution < 1.29 is 13.2 Å². The van der Waals surface area contributed by atoms with Crippen LogP contribution < -0.4 is 0 Å². The Hall–Kier alpha value is -2.73. The van der Waals surface area contributed by atoms with Gasteiger partial charge in [-0.15, -0.1) is 0 Å². The molecule has 0 atom stereocenters. The van der Waals surface area contributed by atoms with Crippen LogP contribution in [0.15, 0.2) is 48.5 Å². The average Bonchev–Trinajstić information content (AvgIpc) is 2.77. The van der Waals surface area contributed by atoms with Crippen LogP contribution in [0.5, 0.6) is 0 Å². The Morgan fingerprint density at radius 3 is 2.17 bits per heavy atom. The summed E-state index contributed by atoms with van der Waals surface area (Å²) in [4.78, 5) is 0. The van der Waals surface area contributed by atoms with Crippen molar-refractivity contribution in [2.24, 2.45) is 5.92 Å². The van der Waals surface area contributed by atoms with Gasteiger partial charge in [0.2, 0.25) is 0 Å². The van der Waals surface area contributed by atoms with E-state index in [4.69, 9.17) is 0 Å². The number of halogens is 3. The zero-order valence-electron chi connectivity index (χ0n) is 17.2. The van der Waals surface area contributed by atoms with E-state index in [1.165, 1.54) is 50.2 Å². The van der Waals surface area contributed by atoms with Crippen LogP contribution in [-0.4, -0.2) is 0 Å². The number of hydrogen-bond donors (Lipinski definition) is 0. The highest BCUT2D eigenvalue weighted by Crippen LogP contribution is 2.37. The van der Waals surface area contributed by atoms with Crippen LogP contribution >= 0.6 is 0 Å². The van der Waals surface area contributed by atoms with Crippen LogP contribution in [0.2, 0.25) is 0 Å². The van der Waals surface area contributed by atoms with Crippen LogP contribution in [0.1, 0.15) is 68.1 Å². The van der Waals surface area contributed by atoms with Crippen LogP contribution in [-0.2, 0) is 0 Å². The van der Waals surface area contributed by atoms with Gasteiger partial charge in [-0.1, -0.05) is 49.8 Å². The molecule has 0 unspecified atom stereocenters. The number of hydrogen-bond acceptors (Lipinski definition) is 0. The van der Waals surface area contributed by atoms with Gasteiger partial charge in [0.25, 0.3) is 0 Å². The molecule has 1 aliphatic rings. The first-order valence-corrected chi connectivity index (χ1v) is 10.7. The lowest BCUT2D eigenvalue weighted by Crippen LogP contribution is -2.13. The molecule has 0 heterocycles. The van der Waals surface area contributed by atoms with Gasteiger partial charge in [-0.2, -0.15) is 0 Å². The zero-order chi connectivity index (χ0) is 21.1. The molecule has 1 aliphatic carbocycles. The van der Waals surface area contributed by atoms with E-state index in [2.05, 4.69) is 30.9 Å². The minimum absolute atomic E-state index is 0.0532. The van der Waals surface area contributed by atoms with Gasteiger partial charge in [0, 0.05) is 16.5 Å². The summed E-state index contributed by atoms with van der Waals surface area (Å²) in [6.45, 7) is 2.26. The summed E-state index contributed by atoms with van der Waals surface area (Å²) >= 11 is 0. The summed E-state index contributed by atoms with van der Waals surface area (Å²) in [5, 5.41) is 0.352. The maximum absolute atomic E-state index is 13.8. The van der Waals surface area contributed by atoms with Gasteiger partial charge in [-0.05, 0) is 78.8 Å². The lowest BCUT2D eigenvalue weighted by molar-refractivity contribution is 0.308. The summed E-state index contributed by atoms with van der Waals surface area (Å²) < 4.78 is 40.7. The van der Waals surface area contributed by atoms with Crippen molar-refractivity contribution in [3.8, 4) is 11.8 Å². The largest absolute Gasteiger partial charge is 0.204 e. The van der Waals surface area contributed by atoms with Crippen LogP contribution in [0.4, 0.5) is 13.2 Å². The molecule has 0 spiro atoms. The molecular formula is C27H25F3. The molecule has 3 aromatic carbocycles. The van der Waals surface area contributed by atoms with E-state index in [1.54, 1.807) is 12.1 Å². The van der Waals surface area contributed by atoms with Crippen molar-refractivity contribution in [3.63, 3.8) is 0 Å². The molecule has 1 saturated carbocycles. The summed E-state index contributed by atoms with van der Waals surface area (Å²) in [6.07, 6.45) is 7.81. The van der Waals surface area contributed by atoms with Crippen molar-refractivity contribution in [2.75, 3.05) is 0 Å². The van der Waals surface area contributed by atoms with E-state index in [9.17, 15) is 13.2 Å². The molecule has 0 aromatic heterocycles. The monoisotopic (exact) mass is 406 g/mol. The second-order valence-corrected chi connectivity index (χ2v) is 8.30. The Labute approximate surface area is 176 Å². The zero-order valence-corrected chi connectivity index (χ0v) is 17.2. The van der Waals surface area contributed by atoms with E-state index in [1.807, 2.05) is 12.1 Å². The van der Waals surface area contributed by atoms with Crippen LogP contribution in [0.3, 0.4) is 0 Å². The molecule has 0 N–H and O–H groups in total. The minimum Gasteiger partial charge on any atom is -0.204 e. The first-order chi connectivity index (χ1) is 14.5. The van der Waals surface area contributed by atoms with Gasteiger partial charge >= 0.3 is 0 Å². The SMILES string of the molecule is CCCC1CCC(c2ccc(C#Cc3ccc4c(F)c(F)c(F)cc4c3)cc2)CC1. The van der Waals surface area contributed by atoms with Gasteiger partial charge in [-0.3, -0.25) is 0 Å². The summed E-state index contributed by atoms with van der Waals surface area (Å²) in [5.41, 5.74) is 2.91. The fourth-order valence-electron chi connectivity index (χ4n) is 4.56.